The van der Waals surface area contributed by atoms with Crippen molar-refractivity contribution < 1.29 is 35.8 Å². The van der Waals surface area contributed by atoms with Crippen molar-refractivity contribution in [1.82, 2.24) is 4.57 Å². The van der Waals surface area contributed by atoms with Crippen LogP contribution in [0.5, 0.6) is 0 Å². The third kappa shape index (κ3) is 2.29. The molecule has 2 aliphatic carbocycles. The van der Waals surface area contributed by atoms with Gasteiger partial charge in [-0.25, -0.2) is 17.6 Å². The number of hydrogen-bond donors (Lipinski definition) is 1. The third-order valence-corrected chi connectivity index (χ3v) is 4.32. The predicted octanol–water partition coefficient (Wildman–Crippen LogP) is 4.09. The van der Waals surface area contributed by atoms with Crippen molar-refractivity contribution in [3.05, 3.63) is 23.0 Å². The average Bonchev–Trinajstić information content (AvgIpc) is 2.70. The van der Waals surface area contributed by atoms with Gasteiger partial charge in [-0.05, 0) is 6.42 Å². The Morgan fingerprint density at radius 2 is 1.73 bits per heavy atom. The molecule has 22 heavy (non-hydrogen) atoms. The van der Waals surface area contributed by atoms with Crippen LogP contribution in [0, 0.1) is 0 Å². The number of alkyl halides is 7. The van der Waals surface area contributed by atoms with Crippen LogP contribution in [0.2, 0.25) is 0 Å². The summed E-state index contributed by atoms with van der Waals surface area (Å²) in [6.07, 6.45) is -9.39. The maximum Gasteiger partial charge on any atom is 0.418 e. The molecular weight excluding hydrogens is 319 g/mol. The number of nitrogens with zero attached hydrogens (tertiary/aromatic N) is 1. The van der Waals surface area contributed by atoms with E-state index in [9.17, 15) is 35.8 Å². The topological polar surface area (TPSA) is 25.2 Å². The van der Waals surface area contributed by atoms with Gasteiger partial charge in [-0.15, -0.1) is 0 Å². The Kier molecular flexibility index (Phi) is 3.12. The average molecular weight is 331 g/mol. The highest BCUT2D eigenvalue weighted by molar-refractivity contribution is 5.40. The zero-order valence-electron chi connectivity index (χ0n) is 11.1. The van der Waals surface area contributed by atoms with Crippen LogP contribution in [0.15, 0.2) is 6.20 Å². The molecule has 3 rings (SSSR count). The Balaban J connectivity index is 2.08. The van der Waals surface area contributed by atoms with Crippen LogP contribution in [0.1, 0.15) is 48.2 Å². The first-order chi connectivity index (χ1) is 9.92. The quantitative estimate of drug-likeness (QED) is 0.771. The maximum absolute atomic E-state index is 13.5. The Hall–Kier alpha value is -1.25. The Bertz CT molecular complexity index is 596. The van der Waals surface area contributed by atoms with E-state index in [1.54, 1.807) is 0 Å². The van der Waals surface area contributed by atoms with Crippen molar-refractivity contribution in [2.75, 3.05) is 0 Å². The Labute approximate surface area is 120 Å². The number of aliphatic hydroxyl groups is 1. The monoisotopic (exact) mass is 331 g/mol. The SMILES string of the molecule is OC1c2c(C(F)(F)F)cn(C3CC(F)(F)C3)c2CCC1(F)F. The van der Waals surface area contributed by atoms with Gasteiger partial charge < -0.3 is 9.67 Å². The number of halogens is 7. The smallest absolute Gasteiger partial charge is 0.382 e. The lowest BCUT2D eigenvalue weighted by Crippen LogP contribution is -2.38. The molecule has 1 aromatic heterocycles. The minimum Gasteiger partial charge on any atom is -0.382 e. The summed E-state index contributed by atoms with van der Waals surface area (Å²) < 4.78 is 93.0. The third-order valence-electron chi connectivity index (χ3n) is 4.32. The molecule has 124 valence electrons. The van der Waals surface area contributed by atoms with E-state index in [4.69, 9.17) is 0 Å². The van der Waals surface area contributed by atoms with E-state index in [0.29, 0.717) is 6.20 Å². The maximum atomic E-state index is 13.5. The van der Waals surface area contributed by atoms with E-state index in [2.05, 4.69) is 0 Å². The van der Waals surface area contributed by atoms with Crippen LogP contribution in [0.4, 0.5) is 30.7 Å². The second-order valence-corrected chi connectivity index (χ2v) is 5.89. The molecular formula is C13H12F7NO. The Morgan fingerprint density at radius 3 is 2.23 bits per heavy atom. The van der Waals surface area contributed by atoms with Crippen LogP contribution in [0.25, 0.3) is 0 Å². The first kappa shape index (κ1) is 15.6. The van der Waals surface area contributed by atoms with Gasteiger partial charge in [0.2, 0.25) is 0 Å². The minimum absolute atomic E-state index is 0.119. The summed E-state index contributed by atoms with van der Waals surface area (Å²) in [6, 6.07) is -0.862. The van der Waals surface area contributed by atoms with E-state index in [-0.39, 0.29) is 5.69 Å². The summed E-state index contributed by atoms with van der Waals surface area (Å²) in [4.78, 5) is 0. The lowest BCUT2D eigenvalue weighted by molar-refractivity contribution is -0.147. The molecule has 0 spiro atoms. The fourth-order valence-corrected chi connectivity index (χ4v) is 3.16. The molecule has 1 unspecified atom stereocenters. The first-order valence-electron chi connectivity index (χ1n) is 6.67. The lowest BCUT2D eigenvalue weighted by Gasteiger charge is -2.38. The highest BCUT2D eigenvalue weighted by atomic mass is 19.4. The van der Waals surface area contributed by atoms with Crippen LogP contribution in [-0.4, -0.2) is 21.5 Å². The van der Waals surface area contributed by atoms with E-state index in [1.807, 2.05) is 0 Å². The van der Waals surface area contributed by atoms with Crippen LogP contribution in [-0.2, 0) is 12.6 Å². The molecule has 1 fully saturated rings. The van der Waals surface area contributed by atoms with Gasteiger partial charge in [0.15, 0.2) is 0 Å². The van der Waals surface area contributed by atoms with Crippen molar-refractivity contribution >= 4 is 0 Å². The largest absolute Gasteiger partial charge is 0.418 e. The molecule has 0 saturated heterocycles. The molecule has 9 heteroatoms. The number of rotatable bonds is 1. The molecule has 1 saturated carbocycles. The van der Waals surface area contributed by atoms with Crippen LogP contribution < -0.4 is 0 Å². The summed E-state index contributed by atoms with van der Waals surface area (Å²) in [5.41, 5.74) is -2.37. The minimum atomic E-state index is -4.93. The standard InChI is InChI=1S/C13H12F7NO/c14-11(15)3-6(4-11)21-5-7(13(18,19)20)9-8(21)1-2-12(16,17)10(9)22/h5-6,10,22H,1-4H2. The number of fused-ring (bicyclic) bond motifs is 1. The van der Waals surface area contributed by atoms with E-state index in [1.165, 1.54) is 0 Å². The van der Waals surface area contributed by atoms with Crippen molar-refractivity contribution in [2.24, 2.45) is 0 Å². The van der Waals surface area contributed by atoms with Gasteiger partial charge in [0.1, 0.15) is 6.10 Å². The molecule has 0 amide bonds. The summed E-state index contributed by atoms with van der Waals surface area (Å²) in [7, 11) is 0. The summed E-state index contributed by atoms with van der Waals surface area (Å²) in [5, 5.41) is 9.61. The van der Waals surface area contributed by atoms with Crippen molar-refractivity contribution in [3.63, 3.8) is 0 Å². The van der Waals surface area contributed by atoms with E-state index < -0.39 is 67.0 Å². The molecule has 1 aromatic rings. The van der Waals surface area contributed by atoms with E-state index >= 15 is 0 Å². The molecule has 1 N–H and O–H groups in total. The predicted molar refractivity (Wildman–Crippen MR) is 60.9 cm³/mol. The normalized spacial score (nSPS) is 27.4. The van der Waals surface area contributed by atoms with Gasteiger partial charge in [-0.2, -0.15) is 13.2 Å². The van der Waals surface area contributed by atoms with Crippen LogP contribution >= 0.6 is 0 Å². The number of aliphatic hydroxyl groups excluding tert-OH is 1. The lowest BCUT2D eigenvalue weighted by atomic mass is 9.86. The number of hydrogen-bond acceptors (Lipinski definition) is 1. The summed E-state index contributed by atoms with van der Waals surface area (Å²) in [6.45, 7) is 0. The fourth-order valence-electron chi connectivity index (χ4n) is 3.16. The van der Waals surface area contributed by atoms with E-state index in [0.717, 1.165) is 4.57 Å². The van der Waals surface area contributed by atoms with Gasteiger partial charge >= 0.3 is 6.18 Å². The second-order valence-electron chi connectivity index (χ2n) is 5.89. The molecule has 0 aromatic carbocycles. The molecule has 0 bridgehead atoms. The molecule has 2 aliphatic rings. The van der Waals surface area contributed by atoms with Gasteiger partial charge in [0, 0.05) is 42.8 Å². The van der Waals surface area contributed by atoms with Crippen molar-refractivity contribution in [1.29, 1.82) is 0 Å². The van der Waals surface area contributed by atoms with Gasteiger partial charge in [0.05, 0.1) is 5.56 Å². The number of aromatic nitrogens is 1. The molecule has 1 heterocycles. The molecule has 0 aliphatic heterocycles. The Morgan fingerprint density at radius 1 is 1.14 bits per heavy atom. The fraction of sp³-hybridized carbons (Fsp3) is 0.692. The van der Waals surface area contributed by atoms with Crippen LogP contribution in [0.3, 0.4) is 0 Å². The van der Waals surface area contributed by atoms with Gasteiger partial charge in [0.25, 0.3) is 11.8 Å². The van der Waals surface area contributed by atoms with Crippen molar-refractivity contribution in [2.45, 2.75) is 55.9 Å². The molecule has 2 nitrogen and oxygen atoms in total. The van der Waals surface area contributed by atoms with Crippen molar-refractivity contribution in [3.8, 4) is 0 Å². The summed E-state index contributed by atoms with van der Waals surface area (Å²) in [5.74, 6) is -6.61. The molecule has 1 atom stereocenters. The highest BCUT2D eigenvalue weighted by Gasteiger charge is 2.53. The zero-order valence-corrected chi connectivity index (χ0v) is 11.1. The second kappa shape index (κ2) is 4.39. The van der Waals surface area contributed by atoms with Gasteiger partial charge in [-0.1, -0.05) is 0 Å². The first-order valence-corrected chi connectivity index (χ1v) is 6.67. The molecule has 0 radical (unpaired) electrons. The highest BCUT2D eigenvalue weighted by Crippen LogP contribution is 2.52. The van der Waals surface area contributed by atoms with Gasteiger partial charge in [-0.3, -0.25) is 0 Å². The summed E-state index contributed by atoms with van der Waals surface area (Å²) >= 11 is 0. The zero-order chi connectivity index (χ0) is 16.5.